The molecule has 7 unspecified atom stereocenters. The van der Waals surface area contributed by atoms with Gasteiger partial charge < -0.3 is 19.9 Å². The third-order valence-corrected chi connectivity index (χ3v) is 9.22. The zero-order chi connectivity index (χ0) is 29.1. The smallest absolute Gasteiger partial charge is 0.408 e. The number of rotatable bonds is 9. The molecule has 0 spiro atoms. The third kappa shape index (κ3) is 5.72. The number of carbonyl (C=O) groups is 1. The Morgan fingerprint density at radius 3 is 2.45 bits per heavy atom. The molecule has 3 aromatic carbocycles. The van der Waals surface area contributed by atoms with E-state index in [1.165, 1.54) is 6.42 Å². The van der Waals surface area contributed by atoms with Crippen LogP contribution < -0.4 is 10.1 Å². The van der Waals surface area contributed by atoms with Gasteiger partial charge in [-0.3, -0.25) is 9.88 Å². The lowest BCUT2D eigenvalue weighted by molar-refractivity contribution is -0.0614. The van der Waals surface area contributed by atoms with E-state index in [1.807, 2.05) is 84.9 Å². The first-order valence-corrected chi connectivity index (χ1v) is 15.0. The average Bonchev–Trinajstić information content (AvgIpc) is 3.06. The van der Waals surface area contributed by atoms with E-state index < -0.39 is 24.3 Å². The summed E-state index contributed by atoms with van der Waals surface area (Å²) >= 11 is 0. The Morgan fingerprint density at radius 1 is 1.05 bits per heavy atom. The molecule has 3 aliphatic heterocycles. The van der Waals surface area contributed by atoms with Gasteiger partial charge in [0.2, 0.25) is 0 Å². The summed E-state index contributed by atoms with van der Waals surface area (Å²) in [6.45, 7) is 4.28. The first kappa shape index (κ1) is 28.2. The number of fused-ring (bicyclic) bond motifs is 4. The van der Waals surface area contributed by atoms with E-state index in [4.69, 9.17) is 9.47 Å². The second kappa shape index (κ2) is 12.5. The zero-order valence-corrected chi connectivity index (χ0v) is 24.2. The molecule has 0 saturated carbocycles. The molecule has 4 heterocycles. The van der Waals surface area contributed by atoms with Crippen molar-refractivity contribution in [3.8, 4) is 5.75 Å². The van der Waals surface area contributed by atoms with Crippen molar-refractivity contribution in [2.24, 2.45) is 11.8 Å². The lowest BCUT2D eigenvalue weighted by Crippen LogP contribution is -2.56. The number of nitrogens with one attached hydrogen (secondary N) is 1. The maximum atomic E-state index is 13.9. The quantitative estimate of drug-likeness (QED) is 0.238. The zero-order valence-electron chi connectivity index (χ0n) is 24.2. The van der Waals surface area contributed by atoms with Crippen LogP contribution >= 0.6 is 0 Å². The van der Waals surface area contributed by atoms with Crippen LogP contribution in [0.1, 0.15) is 61.1 Å². The van der Waals surface area contributed by atoms with Crippen LogP contribution in [0.25, 0.3) is 10.9 Å². The number of aromatic nitrogens is 1. The van der Waals surface area contributed by atoms with Gasteiger partial charge in [-0.1, -0.05) is 74.0 Å². The summed E-state index contributed by atoms with van der Waals surface area (Å²) in [5.74, 6) is 2.01. The largest absolute Gasteiger partial charge is 0.497 e. The monoisotopic (exact) mass is 565 g/mol. The number of carbonyl (C=O) groups excluding carboxylic acids is 1. The SMILES string of the molecule is CCC1CN2CCC1CC2C(OC(=O)NC(c1ccccc1)C(O)c1ccccc1)c1ccnc2ccc(OC)cc12. The van der Waals surface area contributed by atoms with Crippen molar-refractivity contribution in [3.63, 3.8) is 0 Å². The minimum Gasteiger partial charge on any atom is -0.497 e. The Kier molecular flexibility index (Phi) is 8.40. The van der Waals surface area contributed by atoms with Crippen molar-refractivity contribution in [1.82, 2.24) is 15.2 Å². The highest BCUT2D eigenvalue weighted by Gasteiger charge is 2.44. The fraction of sp³-hybridized carbons (Fsp3) is 0.371. The van der Waals surface area contributed by atoms with Gasteiger partial charge in [-0.15, -0.1) is 0 Å². The number of ether oxygens (including phenoxy) is 2. The molecule has 0 radical (unpaired) electrons. The summed E-state index contributed by atoms with van der Waals surface area (Å²) in [5.41, 5.74) is 3.26. The molecule has 3 saturated heterocycles. The predicted molar refractivity (Wildman–Crippen MR) is 163 cm³/mol. The second-order valence-corrected chi connectivity index (χ2v) is 11.5. The number of benzene rings is 3. The second-order valence-electron chi connectivity index (χ2n) is 11.5. The minimum atomic E-state index is -0.953. The Morgan fingerprint density at radius 2 is 1.79 bits per heavy atom. The molecular weight excluding hydrogens is 526 g/mol. The Balaban J connectivity index is 1.35. The number of hydrogen-bond acceptors (Lipinski definition) is 6. The summed E-state index contributed by atoms with van der Waals surface area (Å²) in [6, 6.07) is 26.1. The van der Waals surface area contributed by atoms with E-state index in [2.05, 4.69) is 22.1 Å². The molecule has 3 fully saturated rings. The highest BCUT2D eigenvalue weighted by molar-refractivity contribution is 5.84. The van der Waals surface area contributed by atoms with Crippen LogP contribution in [0.2, 0.25) is 0 Å². The number of methoxy groups -OCH3 is 1. The van der Waals surface area contributed by atoms with Crippen LogP contribution in [0.3, 0.4) is 0 Å². The van der Waals surface area contributed by atoms with E-state index in [1.54, 1.807) is 13.3 Å². The van der Waals surface area contributed by atoms with Crippen LogP contribution in [-0.2, 0) is 4.74 Å². The molecule has 4 aromatic rings. The molecule has 2 N–H and O–H groups in total. The number of amides is 1. The van der Waals surface area contributed by atoms with Crippen LogP contribution in [-0.4, -0.2) is 47.3 Å². The number of aliphatic hydroxyl groups is 1. The lowest BCUT2D eigenvalue weighted by Gasteiger charge is -2.51. The van der Waals surface area contributed by atoms with Crippen LogP contribution in [0.4, 0.5) is 4.79 Å². The highest BCUT2D eigenvalue weighted by Crippen LogP contribution is 2.44. The van der Waals surface area contributed by atoms with E-state index in [0.29, 0.717) is 11.8 Å². The molecular formula is C35H39N3O4. The first-order valence-electron chi connectivity index (χ1n) is 15.0. The van der Waals surface area contributed by atoms with Crippen LogP contribution in [0.15, 0.2) is 91.1 Å². The van der Waals surface area contributed by atoms with Crippen molar-refractivity contribution in [2.45, 2.75) is 50.5 Å². The third-order valence-electron chi connectivity index (χ3n) is 9.22. The Bertz CT molecular complexity index is 1500. The van der Waals surface area contributed by atoms with Crippen LogP contribution in [0.5, 0.6) is 5.75 Å². The fourth-order valence-electron chi connectivity index (χ4n) is 6.95. The summed E-state index contributed by atoms with van der Waals surface area (Å²) in [5, 5.41) is 15.4. The number of hydrogen-bond donors (Lipinski definition) is 2. The number of alkyl carbamates (subject to hydrolysis) is 1. The van der Waals surface area contributed by atoms with Gasteiger partial charge in [-0.25, -0.2) is 4.79 Å². The molecule has 0 aliphatic carbocycles. The molecule has 2 bridgehead atoms. The summed E-state index contributed by atoms with van der Waals surface area (Å²) in [7, 11) is 1.65. The van der Waals surface area contributed by atoms with Crippen molar-refractivity contribution < 1.29 is 19.4 Å². The van der Waals surface area contributed by atoms with Crippen molar-refractivity contribution in [3.05, 3.63) is 108 Å². The molecule has 7 heteroatoms. The summed E-state index contributed by atoms with van der Waals surface area (Å²) in [4.78, 5) is 21.0. The minimum absolute atomic E-state index is 0.0447. The van der Waals surface area contributed by atoms with Gasteiger partial charge >= 0.3 is 6.09 Å². The van der Waals surface area contributed by atoms with Gasteiger partial charge in [0, 0.05) is 23.7 Å². The number of nitrogens with zero attached hydrogens (tertiary/aromatic N) is 2. The van der Waals surface area contributed by atoms with E-state index in [-0.39, 0.29) is 6.04 Å². The average molecular weight is 566 g/mol. The number of pyridine rings is 1. The lowest BCUT2D eigenvalue weighted by atomic mass is 9.72. The van der Waals surface area contributed by atoms with Crippen molar-refractivity contribution in [1.29, 1.82) is 0 Å². The van der Waals surface area contributed by atoms with Crippen LogP contribution in [0, 0.1) is 11.8 Å². The van der Waals surface area contributed by atoms with Gasteiger partial charge in [-0.05, 0) is 66.6 Å². The van der Waals surface area contributed by atoms with E-state index in [9.17, 15) is 9.90 Å². The van der Waals surface area contributed by atoms with E-state index in [0.717, 1.165) is 59.3 Å². The fourth-order valence-corrected chi connectivity index (χ4v) is 6.95. The molecule has 1 amide bonds. The molecule has 1 aromatic heterocycles. The maximum Gasteiger partial charge on any atom is 0.408 e. The molecule has 7 atom stereocenters. The first-order chi connectivity index (χ1) is 20.6. The Hall–Kier alpha value is -3.94. The summed E-state index contributed by atoms with van der Waals surface area (Å²) in [6.07, 6.45) is 3.06. The molecule has 3 aliphatic rings. The number of aliphatic hydroxyl groups excluding tert-OH is 1. The standard InChI is InChI=1S/C35H39N3O4/c1-3-23-22-38-19-17-26(23)20-31(38)34(28-16-18-36-30-15-14-27(41-2)21-29(28)30)42-35(40)37-32(24-10-6-4-7-11-24)33(39)25-12-8-5-9-13-25/h4-16,18,21,23,26,31-34,39H,3,17,19-20,22H2,1-2H3,(H,37,40). The highest BCUT2D eigenvalue weighted by atomic mass is 16.6. The van der Waals surface area contributed by atoms with Gasteiger partial charge in [0.05, 0.1) is 24.7 Å². The topological polar surface area (TPSA) is 83.9 Å². The van der Waals surface area contributed by atoms with Gasteiger partial charge in [-0.2, -0.15) is 0 Å². The van der Waals surface area contributed by atoms with Gasteiger partial charge in [0.25, 0.3) is 0 Å². The van der Waals surface area contributed by atoms with E-state index >= 15 is 0 Å². The molecule has 42 heavy (non-hydrogen) atoms. The maximum absolute atomic E-state index is 13.9. The molecule has 218 valence electrons. The molecule has 7 nitrogen and oxygen atoms in total. The molecule has 7 rings (SSSR count). The number of piperidine rings is 3. The Labute approximate surface area is 247 Å². The van der Waals surface area contributed by atoms with Gasteiger partial charge in [0.15, 0.2) is 0 Å². The van der Waals surface area contributed by atoms with Crippen molar-refractivity contribution >= 4 is 17.0 Å². The summed E-state index contributed by atoms with van der Waals surface area (Å²) < 4.78 is 12.0. The predicted octanol–water partition coefficient (Wildman–Crippen LogP) is 6.61. The normalized spacial score (nSPS) is 23.6. The van der Waals surface area contributed by atoms with Crippen molar-refractivity contribution in [2.75, 3.05) is 20.2 Å². The van der Waals surface area contributed by atoms with Gasteiger partial charge in [0.1, 0.15) is 18.0 Å².